The van der Waals surface area contributed by atoms with Crippen molar-refractivity contribution in [2.75, 3.05) is 11.6 Å². The van der Waals surface area contributed by atoms with Crippen molar-refractivity contribution in [3.8, 4) is 0 Å². The summed E-state index contributed by atoms with van der Waals surface area (Å²) in [5, 5.41) is 0. The van der Waals surface area contributed by atoms with E-state index in [9.17, 15) is 0 Å². The second-order valence-corrected chi connectivity index (χ2v) is 5.61. The molecule has 0 aliphatic carbocycles. The van der Waals surface area contributed by atoms with Gasteiger partial charge in [0.15, 0.2) is 0 Å². The summed E-state index contributed by atoms with van der Waals surface area (Å²) < 4.78 is 0. The van der Waals surface area contributed by atoms with E-state index in [1.54, 1.807) is 0 Å². The Hall–Kier alpha value is -0.140. The van der Waals surface area contributed by atoms with E-state index in [2.05, 4.69) is 39.0 Å². The van der Waals surface area contributed by atoms with Crippen LogP contribution in [0.5, 0.6) is 0 Å². The molecule has 1 aromatic rings. The lowest BCUT2D eigenvalue weighted by atomic mass is 10.1. The van der Waals surface area contributed by atoms with Crippen molar-refractivity contribution >= 4 is 23.4 Å². The first-order valence-electron chi connectivity index (χ1n) is 5.32. The van der Waals surface area contributed by atoms with Gasteiger partial charge in [0, 0.05) is 11.6 Å². The Morgan fingerprint density at radius 2 is 1.80 bits per heavy atom. The highest BCUT2D eigenvalue weighted by atomic mass is 35.5. The number of benzene rings is 1. The molecule has 0 amide bonds. The van der Waals surface area contributed by atoms with E-state index in [1.807, 2.05) is 11.8 Å². The maximum Gasteiger partial charge on any atom is 0.0257 e. The van der Waals surface area contributed by atoms with Gasteiger partial charge in [-0.15, -0.1) is 11.6 Å². The molecule has 0 nitrogen and oxygen atoms in total. The lowest BCUT2D eigenvalue weighted by Gasteiger charge is -2.08. The van der Waals surface area contributed by atoms with Gasteiger partial charge in [0.05, 0.1) is 0 Å². The van der Waals surface area contributed by atoms with Crippen LogP contribution in [0.2, 0.25) is 0 Å². The monoisotopic (exact) mass is 242 g/mol. The minimum atomic E-state index is 0.613. The number of hydrogen-bond donors (Lipinski definition) is 0. The first-order valence-corrected chi connectivity index (χ1v) is 7.01. The second-order valence-electron chi connectivity index (χ2n) is 4.27. The van der Waals surface area contributed by atoms with Crippen LogP contribution in [0.3, 0.4) is 0 Å². The predicted molar refractivity (Wildman–Crippen MR) is 72.0 cm³/mol. The van der Waals surface area contributed by atoms with Crippen LogP contribution in [0.4, 0.5) is 0 Å². The fraction of sp³-hybridized carbons (Fsp3) is 0.538. The van der Waals surface area contributed by atoms with Crippen LogP contribution in [0.1, 0.15) is 23.6 Å². The lowest BCUT2D eigenvalue weighted by Crippen LogP contribution is -1.99. The van der Waals surface area contributed by atoms with E-state index in [0.29, 0.717) is 5.92 Å². The Balaban J connectivity index is 2.43. The third kappa shape index (κ3) is 4.94. The summed E-state index contributed by atoms with van der Waals surface area (Å²) in [4.78, 5) is 0. The van der Waals surface area contributed by atoms with E-state index < -0.39 is 0 Å². The molecular weight excluding hydrogens is 224 g/mol. The van der Waals surface area contributed by atoms with Crippen LogP contribution in [0, 0.1) is 19.8 Å². The van der Waals surface area contributed by atoms with Crippen LogP contribution < -0.4 is 0 Å². The highest BCUT2D eigenvalue weighted by Crippen LogP contribution is 2.18. The standard InChI is InChI=1S/C13H19ClS/c1-10-4-11(2)6-13(5-10)9-15-8-12(3)7-14/h4-6,12H,7-9H2,1-3H3. The van der Waals surface area contributed by atoms with Gasteiger partial charge in [0.1, 0.15) is 0 Å². The van der Waals surface area contributed by atoms with Crippen molar-refractivity contribution in [2.45, 2.75) is 26.5 Å². The smallest absolute Gasteiger partial charge is 0.0257 e. The molecule has 0 saturated carbocycles. The summed E-state index contributed by atoms with van der Waals surface area (Å²) in [6.45, 7) is 6.51. The molecule has 0 heterocycles. The fourth-order valence-corrected chi connectivity index (χ4v) is 2.85. The van der Waals surface area contributed by atoms with Gasteiger partial charge in [0.25, 0.3) is 0 Å². The fourth-order valence-electron chi connectivity index (χ4n) is 1.57. The van der Waals surface area contributed by atoms with E-state index >= 15 is 0 Å². The molecule has 2 heteroatoms. The van der Waals surface area contributed by atoms with Gasteiger partial charge < -0.3 is 0 Å². The maximum atomic E-state index is 5.77. The van der Waals surface area contributed by atoms with Crippen molar-refractivity contribution in [2.24, 2.45) is 5.92 Å². The third-order valence-electron chi connectivity index (χ3n) is 2.22. The zero-order valence-electron chi connectivity index (χ0n) is 9.72. The van der Waals surface area contributed by atoms with Gasteiger partial charge in [-0.05, 0) is 31.1 Å². The Bertz CT molecular complexity index is 289. The van der Waals surface area contributed by atoms with Crippen molar-refractivity contribution in [3.63, 3.8) is 0 Å². The molecule has 0 aromatic heterocycles. The number of hydrogen-bond acceptors (Lipinski definition) is 1. The number of alkyl halides is 1. The minimum absolute atomic E-state index is 0.613. The molecule has 0 radical (unpaired) electrons. The van der Waals surface area contributed by atoms with Crippen LogP contribution in [-0.2, 0) is 5.75 Å². The van der Waals surface area contributed by atoms with Crippen LogP contribution in [-0.4, -0.2) is 11.6 Å². The quantitative estimate of drug-likeness (QED) is 0.690. The van der Waals surface area contributed by atoms with Gasteiger partial charge in [-0.3, -0.25) is 0 Å². The highest BCUT2D eigenvalue weighted by Gasteiger charge is 2.01. The van der Waals surface area contributed by atoms with Gasteiger partial charge in [-0.25, -0.2) is 0 Å². The van der Waals surface area contributed by atoms with E-state index in [1.165, 1.54) is 16.7 Å². The summed E-state index contributed by atoms with van der Waals surface area (Å²) in [5.41, 5.74) is 4.14. The summed E-state index contributed by atoms with van der Waals surface area (Å²) in [7, 11) is 0. The van der Waals surface area contributed by atoms with Crippen molar-refractivity contribution < 1.29 is 0 Å². The maximum absolute atomic E-state index is 5.77. The zero-order chi connectivity index (χ0) is 11.3. The first-order chi connectivity index (χ1) is 7.11. The minimum Gasteiger partial charge on any atom is -0.157 e. The number of aryl methyl sites for hydroxylation is 2. The van der Waals surface area contributed by atoms with Crippen molar-refractivity contribution in [1.29, 1.82) is 0 Å². The lowest BCUT2D eigenvalue weighted by molar-refractivity contribution is 0.759. The Kier molecular flexibility index (Phi) is 5.55. The number of thioether (sulfide) groups is 1. The van der Waals surface area contributed by atoms with Gasteiger partial charge in [-0.1, -0.05) is 36.2 Å². The summed E-state index contributed by atoms with van der Waals surface area (Å²) in [5.74, 6) is 3.63. The topological polar surface area (TPSA) is 0 Å². The Labute approximate surface area is 102 Å². The molecule has 1 unspecified atom stereocenters. The second kappa shape index (κ2) is 6.44. The molecule has 0 aliphatic rings. The van der Waals surface area contributed by atoms with Gasteiger partial charge in [0.2, 0.25) is 0 Å². The third-order valence-corrected chi connectivity index (χ3v) is 4.09. The molecule has 1 aromatic carbocycles. The molecule has 84 valence electrons. The molecule has 0 aliphatic heterocycles. The zero-order valence-corrected chi connectivity index (χ0v) is 11.3. The molecule has 15 heavy (non-hydrogen) atoms. The number of rotatable bonds is 5. The summed E-state index contributed by atoms with van der Waals surface area (Å²) >= 11 is 7.74. The van der Waals surface area contributed by atoms with Crippen molar-refractivity contribution in [3.05, 3.63) is 34.9 Å². The molecule has 1 rings (SSSR count). The average Bonchev–Trinajstić information content (AvgIpc) is 2.16. The van der Waals surface area contributed by atoms with E-state index in [0.717, 1.165) is 17.4 Å². The van der Waals surface area contributed by atoms with Crippen LogP contribution in [0.15, 0.2) is 18.2 Å². The SMILES string of the molecule is Cc1cc(C)cc(CSCC(C)CCl)c1. The van der Waals surface area contributed by atoms with Gasteiger partial charge in [-0.2, -0.15) is 11.8 Å². The summed E-state index contributed by atoms with van der Waals surface area (Å²) in [6.07, 6.45) is 0. The van der Waals surface area contributed by atoms with E-state index in [4.69, 9.17) is 11.6 Å². The average molecular weight is 243 g/mol. The first kappa shape index (κ1) is 12.9. The molecule has 0 fully saturated rings. The summed E-state index contributed by atoms with van der Waals surface area (Å²) in [6, 6.07) is 6.76. The van der Waals surface area contributed by atoms with Crippen LogP contribution in [0.25, 0.3) is 0 Å². The van der Waals surface area contributed by atoms with Crippen molar-refractivity contribution in [1.82, 2.24) is 0 Å². The predicted octanol–water partition coefficient (Wildman–Crippen LogP) is 4.41. The molecule has 0 N–H and O–H groups in total. The van der Waals surface area contributed by atoms with E-state index in [-0.39, 0.29) is 0 Å². The largest absolute Gasteiger partial charge is 0.157 e. The molecule has 0 spiro atoms. The molecular formula is C13H19ClS. The number of halogens is 1. The molecule has 0 bridgehead atoms. The Morgan fingerprint density at radius 3 is 2.33 bits per heavy atom. The normalized spacial score (nSPS) is 12.8. The van der Waals surface area contributed by atoms with Crippen LogP contribution >= 0.6 is 23.4 Å². The van der Waals surface area contributed by atoms with Gasteiger partial charge >= 0.3 is 0 Å². The highest BCUT2D eigenvalue weighted by molar-refractivity contribution is 7.98. The molecule has 1 atom stereocenters. The Morgan fingerprint density at radius 1 is 1.20 bits per heavy atom. The molecule has 0 saturated heterocycles.